The van der Waals surface area contributed by atoms with Crippen molar-refractivity contribution in [2.24, 2.45) is 11.8 Å². The van der Waals surface area contributed by atoms with Crippen LogP contribution in [0.5, 0.6) is 5.75 Å². The topological polar surface area (TPSA) is 56.8 Å². The number of fused-ring (bicyclic) bond motifs is 1. The van der Waals surface area contributed by atoms with Gasteiger partial charge in [-0.05, 0) is 24.6 Å². The molecule has 1 saturated carbocycles. The van der Waals surface area contributed by atoms with Crippen LogP contribution in [-0.4, -0.2) is 45.5 Å². The van der Waals surface area contributed by atoms with Gasteiger partial charge in [0.05, 0.1) is 25.4 Å². The van der Waals surface area contributed by atoms with Crippen molar-refractivity contribution in [3.8, 4) is 5.75 Å². The largest absolute Gasteiger partial charge is 0.496 e. The van der Waals surface area contributed by atoms with Crippen molar-refractivity contribution in [1.29, 1.82) is 0 Å². The highest BCUT2D eigenvalue weighted by Crippen LogP contribution is 2.44. The first-order chi connectivity index (χ1) is 10.7. The van der Waals surface area contributed by atoms with Crippen molar-refractivity contribution in [3.63, 3.8) is 0 Å². The van der Waals surface area contributed by atoms with E-state index < -0.39 is 5.82 Å². The number of carbonyl (C=O) groups is 1. The van der Waals surface area contributed by atoms with Gasteiger partial charge in [-0.1, -0.05) is 0 Å². The van der Waals surface area contributed by atoms with Gasteiger partial charge in [-0.25, -0.2) is 4.39 Å². The Morgan fingerprint density at radius 1 is 1.45 bits per heavy atom. The minimum Gasteiger partial charge on any atom is -0.496 e. The summed E-state index contributed by atoms with van der Waals surface area (Å²) >= 11 is 0. The lowest BCUT2D eigenvalue weighted by Crippen LogP contribution is -2.62. The first-order valence-electron chi connectivity index (χ1n) is 7.40. The summed E-state index contributed by atoms with van der Waals surface area (Å²) in [6.07, 6.45) is 1.08. The monoisotopic (exact) mass is 309 g/mol. The van der Waals surface area contributed by atoms with E-state index in [0.29, 0.717) is 24.9 Å². The average molecular weight is 309 g/mol. The van der Waals surface area contributed by atoms with Gasteiger partial charge < -0.3 is 19.5 Å². The van der Waals surface area contributed by atoms with Gasteiger partial charge in [-0.3, -0.25) is 4.79 Å². The Labute approximate surface area is 128 Å². The minimum absolute atomic E-state index is 0.00655. The fraction of sp³-hybridized carbons (Fsp3) is 0.562. The van der Waals surface area contributed by atoms with E-state index in [0.717, 1.165) is 6.42 Å². The van der Waals surface area contributed by atoms with Crippen molar-refractivity contribution >= 4 is 5.91 Å². The van der Waals surface area contributed by atoms with Gasteiger partial charge in [0, 0.05) is 31.6 Å². The molecule has 1 saturated heterocycles. The molecule has 0 radical (unpaired) electrons. The predicted molar refractivity (Wildman–Crippen MR) is 77.4 cm³/mol. The van der Waals surface area contributed by atoms with Crippen LogP contribution in [0.15, 0.2) is 18.2 Å². The molecule has 22 heavy (non-hydrogen) atoms. The van der Waals surface area contributed by atoms with Gasteiger partial charge in [0.1, 0.15) is 11.6 Å². The van der Waals surface area contributed by atoms with E-state index in [2.05, 4.69) is 5.32 Å². The minimum atomic E-state index is -0.463. The second-order valence-electron chi connectivity index (χ2n) is 5.75. The highest BCUT2D eigenvalue weighted by Gasteiger charge is 2.54. The van der Waals surface area contributed by atoms with Gasteiger partial charge >= 0.3 is 0 Å². The van der Waals surface area contributed by atoms with Crippen LogP contribution >= 0.6 is 0 Å². The van der Waals surface area contributed by atoms with E-state index in [-0.39, 0.29) is 29.5 Å². The third-order valence-electron chi connectivity index (χ3n) is 4.59. The molecule has 4 atom stereocenters. The summed E-state index contributed by atoms with van der Waals surface area (Å²) in [5.41, 5.74) is 0.209. The fourth-order valence-corrected chi connectivity index (χ4v) is 3.52. The quantitative estimate of drug-likeness (QED) is 0.898. The molecule has 3 rings (SSSR count). The van der Waals surface area contributed by atoms with Crippen molar-refractivity contribution in [3.05, 3.63) is 29.6 Å². The molecule has 1 aliphatic carbocycles. The molecule has 0 aromatic heterocycles. The highest BCUT2D eigenvalue weighted by molar-refractivity contribution is 5.97. The van der Waals surface area contributed by atoms with Gasteiger partial charge in [-0.15, -0.1) is 0 Å². The van der Waals surface area contributed by atoms with Crippen LogP contribution in [0.1, 0.15) is 16.8 Å². The normalized spacial score (nSPS) is 29.6. The van der Waals surface area contributed by atoms with Gasteiger partial charge in [0.15, 0.2) is 0 Å². The Kier molecular flexibility index (Phi) is 4.31. The molecule has 1 heterocycles. The van der Waals surface area contributed by atoms with E-state index in [4.69, 9.17) is 14.2 Å². The predicted octanol–water partition coefficient (Wildman–Crippen LogP) is 1.61. The number of hydrogen-bond donors (Lipinski definition) is 1. The first-order valence-corrected chi connectivity index (χ1v) is 7.40. The Balaban J connectivity index is 1.75. The molecule has 1 aliphatic heterocycles. The zero-order chi connectivity index (χ0) is 15.7. The number of benzene rings is 1. The Morgan fingerprint density at radius 3 is 3.00 bits per heavy atom. The van der Waals surface area contributed by atoms with Crippen LogP contribution in [0.3, 0.4) is 0 Å². The maximum absolute atomic E-state index is 13.4. The summed E-state index contributed by atoms with van der Waals surface area (Å²) in [6, 6.07) is 3.92. The standard InChI is InChI=1S/C16H20FNO4/c1-20-8-12-14(10-5-6-22-15(10)12)18-16(19)11-7-9(17)3-4-13(11)21-2/h3-4,7,10,12,14-15H,5-6,8H2,1-2H3,(H,18,19)/t10-,12-,14-,15-/m1/s1. The van der Waals surface area contributed by atoms with E-state index in [9.17, 15) is 9.18 Å². The van der Waals surface area contributed by atoms with Gasteiger partial charge in [0.2, 0.25) is 0 Å². The van der Waals surface area contributed by atoms with Crippen LogP contribution in [0.2, 0.25) is 0 Å². The maximum Gasteiger partial charge on any atom is 0.255 e. The van der Waals surface area contributed by atoms with E-state index in [1.54, 1.807) is 7.11 Å². The molecule has 120 valence electrons. The summed E-state index contributed by atoms with van der Waals surface area (Å²) < 4.78 is 29.5. The summed E-state index contributed by atoms with van der Waals surface area (Å²) in [7, 11) is 3.10. The lowest BCUT2D eigenvalue weighted by atomic mass is 9.67. The number of rotatable bonds is 5. The van der Waals surface area contributed by atoms with Crippen molar-refractivity contribution < 1.29 is 23.4 Å². The van der Waals surface area contributed by atoms with Gasteiger partial charge in [0.25, 0.3) is 5.91 Å². The number of amides is 1. The summed E-state index contributed by atoms with van der Waals surface area (Å²) in [4.78, 5) is 12.5. The second kappa shape index (κ2) is 6.22. The molecule has 0 bridgehead atoms. The lowest BCUT2D eigenvalue weighted by Gasteiger charge is -2.47. The molecule has 0 spiro atoms. The molecule has 1 N–H and O–H groups in total. The number of hydrogen-bond acceptors (Lipinski definition) is 4. The highest BCUT2D eigenvalue weighted by atomic mass is 19.1. The molecule has 1 amide bonds. The number of ether oxygens (including phenoxy) is 3. The van der Waals surface area contributed by atoms with Crippen LogP contribution in [-0.2, 0) is 9.47 Å². The summed E-state index contributed by atoms with van der Waals surface area (Å²) in [5.74, 6) is 0.0216. The second-order valence-corrected chi connectivity index (χ2v) is 5.75. The van der Waals surface area contributed by atoms with Crippen molar-refractivity contribution in [2.45, 2.75) is 18.6 Å². The Morgan fingerprint density at radius 2 is 2.27 bits per heavy atom. The number of carbonyl (C=O) groups excluding carboxylic acids is 1. The molecule has 6 heteroatoms. The van der Waals surface area contributed by atoms with Gasteiger partial charge in [-0.2, -0.15) is 0 Å². The number of nitrogens with one attached hydrogen (secondary N) is 1. The SMILES string of the molecule is COC[C@@H]1[C@H](NC(=O)c2cc(F)ccc2OC)[C@H]2CCO[C@H]21. The fourth-order valence-electron chi connectivity index (χ4n) is 3.52. The number of methoxy groups -OCH3 is 2. The van der Waals surface area contributed by atoms with E-state index in [1.807, 2.05) is 0 Å². The average Bonchev–Trinajstić information content (AvgIpc) is 2.94. The van der Waals surface area contributed by atoms with Crippen LogP contribution < -0.4 is 10.1 Å². The van der Waals surface area contributed by atoms with Crippen LogP contribution in [0, 0.1) is 17.7 Å². The van der Waals surface area contributed by atoms with Crippen LogP contribution in [0.4, 0.5) is 4.39 Å². The molecular formula is C16H20FNO4. The zero-order valence-electron chi connectivity index (χ0n) is 12.7. The van der Waals surface area contributed by atoms with Crippen molar-refractivity contribution in [2.75, 3.05) is 27.4 Å². The number of halogens is 1. The first kappa shape index (κ1) is 15.2. The lowest BCUT2D eigenvalue weighted by molar-refractivity contribution is -0.0809. The molecule has 2 aliphatic rings. The summed E-state index contributed by atoms with van der Waals surface area (Å²) in [5, 5.41) is 3.00. The molecule has 2 fully saturated rings. The molecule has 0 unspecified atom stereocenters. The third-order valence-corrected chi connectivity index (χ3v) is 4.59. The van der Waals surface area contributed by atoms with Crippen LogP contribution in [0.25, 0.3) is 0 Å². The molecule has 1 aromatic carbocycles. The van der Waals surface area contributed by atoms with E-state index in [1.165, 1.54) is 25.3 Å². The third kappa shape index (κ3) is 2.57. The maximum atomic E-state index is 13.4. The smallest absolute Gasteiger partial charge is 0.255 e. The molecule has 1 aromatic rings. The summed E-state index contributed by atoms with van der Waals surface area (Å²) in [6.45, 7) is 1.25. The Bertz CT molecular complexity index is 565. The Hall–Kier alpha value is -1.66. The van der Waals surface area contributed by atoms with Crippen molar-refractivity contribution in [1.82, 2.24) is 5.32 Å². The zero-order valence-corrected chi connectivity index (χ0v) is 12.7. The van der Waals surface area contributed by atoms with E-state index >= 15 is 0 Å². The molecular weight excluding hydrogens is 289 g/mol. The molecule has 5 nitrogen and oxygen atoms in total.